The van der Waals surface area contributed by atoms with Crippen LogP contribution in [0, 0.1) is 0 Å². The van der Waals surface area contributed by atoms with Gasteiger partial charge in [0.15, 0.2) is 6.61 Å². The van der Waals surface area contributed by atoms with Gasteiger partial charge in [0, 0.05) is 31.1 Å². The summed E-state index contributed by atoms with van der Waals surface area (Å²) >= 11 is 0. The van der Waals surface area contributed by atoms with E-state index in [0.29, 0.717) is 18.2 Å². The van der Waals surface area contributed by atoms with E-state index in [1.54, 1.807) is 12.1 Å². The first-order valence-electron chi connectivity index (χ1n) is 9.62. The smallest absolute Gasteiger partial charge is 0.422 e. The Morgan fingerprint density at radius 1 is 1.11 bits per heavy atom. The van der Waals surface area contributed by atoms with Crippen LogP contribution >= 0.6 is 0 Å². The summed E-state index contributed by atoms with van der Waals surface area (Å²) in [6, 6.07) is 6.97. The monoisotopic (exact) mass is 395 g/mol. The number of hydrogen-bond donors (Lipinski definition) is 1. The van der Waals surface area contributed by atoms with E-state index in [1.807, 2.05) is 12.1 Å². The second kappa shape index (κ2) is 8.08. The van der Waals surface area contributed by atoms with E-state index in [-0.39, 0.29) is 0 Å². The molecule has 2 aliphatic heterocycles. The Morgan fingerprint density at radius 3 is 2.68 bits per heavy atom. The van der Waals surface area contributed by atoms with E-state index in [1.165, 1.54) is 0 Å². The van der Waals surface area contributed by atoms with Gasteiger partial charge in [0.05, 0.1) is 6.54 Å². The largest absolute Gasteiger partial charge is 0.484 e. The van der Waals surface area contributed by atoms with Crippen molar-refractivity contribution in [2.75, 3.05) is 26.2 Å². The lowest BCUT2D eigenvalue weighted by Crippen LogP contribution is -2.35. The van der Waals surface area contributed by atoms with Crippen molar-refractivity contribution in [2.45, 2.75) is 44.6 Å². The van der Waals surface area contributed by atoms with E-state index in [2.05, 4.69) is 25.0 Å². The second-order valence-corrected chi connectivity index (χ2v) is 7.36. The first-order chi connectivity index (χ1) is 13.5. The quantitative estimate of drug-likeness (QED) is 0.844. The van der Waals surface area contributed by atoms with Gasteiger partial charge >= 0.3 is 6.18 Å². The summed E-state index contributed by atoms with van der Waals surface area (Å²) in [7, 11) is 0. The third-order valence-corrected chi connectivity index (χ3v) is 5.36. The highest BCUT2D eigenvalue weighted by molar-refractivity contribution is 5.33. The van der Waals surface area contributed by atoms with E-state index < -0.39 is 12.8 Å². The maximum absolute atomic E-state index is 12.5. The zero-order valence-electron chi connectivity index (χ0n) is 15.6. The molecule has 0 spiro atoms. The molecule has 2 aromatic rings. The highest BCUT2D eigenvalue weighted by Crippen LogP contribution is 2.30. The number of fused-ring (bicyclic) bond motifs is 1. The van der Waals surface area contributed by atoms with E-state index in [0.717, 1.165) is 62.8 Å². The molecule has 0 radical (unpaired) electrons. The molecule has 4 rings (SSSR count). The molecule has 3 heterocycles. The molecular weight excluding hydrogens is 371 g/mol. The van der Waals surface area contributed by atoms with Crippen LogP contribution in [-0.2, 0) is 19.6 Å². The standard InChI is InChI=1S/C19H24F3N5O/c20-19(21,22)13-28-16-4-2-1-3-15(16)12-26-8-5-14(6-9-26)18-25-24-17-11-23-7-10-27(17)18/h1-4,14,23H,5-13H2. The summed E-state index contributed by atoms with van der Waals surface area (Å²) in [4.78, 5) is 2.27. The molecule has 1 saturated heterocycles. The molecule has 0 atom stereocenters. The molecule has 1 aromatic heterocycles. The van der Waals surface area contributed by atoms with Gasteiger partial charge in [-0.25, -0.2) is 0 Å². The molecule has 28 heavy (non-hydrogen) atoms. The number of ether oxygens (including phenoxy) is 1. The molecule has 1 fully saturated rings. The number of para-hydroxylation sites is 1. The number of nitrogens with one attached hydrogen (secondary N) is 1. The van der Waals surface area contributed by atoms with Crippen LogP contribution in [0.3, 0.4) is 0 Å². The van der Waals surface area contributed by atoms with Crippen LogP contribution in [0.25, 0.3) is 0 Å². The Hall–Kier alpha value is -2.13. The van der Waals surface area contributed by atoms with Gasteiger partial charge in [-0.1, -0.05) is 18.2 Å². The molecular formula is C19H24F3N5O. The third kappa shape index (κ3) is 4.47. The Balaban J connectivity index is 1.36. The van der Waals surface area contributed by atoms with Crippen molar-refractivity contribution in [1.82, 2.24) is 25.0 Å². The first-order valence-corrected chi connectivity index (χ1v) is 9.62. The summed E-state index contributed by atoms with van der Waals surface area (Å²) in [5, 5.41) is 12.0. The highest BCUT2D eigenvalue weighted by atomic mass is 19.4. The number of halogens is 3. The lowest BCUT2D eigenvalue weighted by atomic mass is 9.95. The zero-order chi connectivity index (χ0) is 19.6. The number of piperidine rings is 1. The summed E-state index contributed by atoms with van der Waals surface area (Å²) in [6.07, 6.45) is -2.40. The van der Waals surface area contributed by atoms with Gasteiger partial charge < -0.3 is 14.6 Å². The van der Waals surface area contributed by atoms with Crippen LogP contribution < -0.4 is 10.1 Å². The predicted molar refractivity (Wildman–Crippen MR) is 97.0 cm³/mol. The first kappa shape index (κ1) is 19.2. The normalized spacial score (nSPS) is 18.8. The van der Waals surface area contributed by atoms with Crippen molar-refractivity contribution in [3.05, 3.63) is 41.5 Å². The van der Waals surface area contributed by atoms with E-state index >= 15 is 0 Å². The lowest BCUT2D eigenvalue weighted by molar-refractivity contribution is -0.153. The van der Waals surface area contributed by atoms with Crippen molar-refractivity contribution < 1.29 is 17.9 Å². The number of likely N-dealkylation sites (tertiary alicyclic amines) is 1. The fourth-order valence-corrected chi connectivity index (χ4v) is 3.94. The fraction of sp³-hybridized carbons (Fsp3) is 0.579. The average molecular weight is 395 g/mol. The number of benzene rings is 1. The minimum Gasteiger partial charge on any atom is -0.484 e. The van der Waals surface area contributed by atoms with Gasteiger partial charge in [0.2, 0.25) is 0 Å². The maximum Gasteiger partial charge on any atom is 0.422 e. The number of alkyl halides is 3. The van der Waals surface area contributed by atoms with Gasteiger partial charge in [-0.3, -0.25) is 4.90 Å². The second-order valence-electron chi connectivity index (χ2n) is 7.36. The Bertz CT molecular complexity index is 799. The Labute approximate surface area is 161 Å². The van der Waals surface area contributed by atoms with E-state index in [4.69, 9.17) is 4.74 Å². The summed E-state index contributed by atoms with van der Waals surface area (Å²) < 4.78 is 44.7. The van der Waals surface area contributed by atoms with Crippen LogP contribution in [0.5, 0.6) is 5.75 Å². The van der Waals surface area contributed by atoms with Crippen LogP contribution in [0.15, 0.2) is 24.3 Å². The Morgan fingerprint density at radius 2 is 1.89 bits per heavy atom. The molecule has 0 bridgehead atoms. The fourth-order valence-electron chi connectivity index (χ4n) is 3.94. The lowest BCUT2D eigenvalue weighted by Gasteiger charge is -2.32. The molecule has 2 aliphatic rings. The molecule has 1 N–H and O–H groups in total. The molecule has 9 heteroatoms. The maximum atomic E-state index is 12.5. The van der Waals surface area contributed by atoms with Gasteiger partial charge in [0.25, 0.3) is 0 Å². The molecule has 152 valence electrons. The van der Waals surface area contributed by atoms with Crippen LogP contribution in [0.2, 0.25) is 0 Å². The zero-order valence-corrected chi connectivity index (χ0v) is 15.6. The average Bonchev–Trinajstić information content (AvgIpc) is 3.11. The van der Waals surface area contributed by atoms with Crippen molar-refractivity contribution in [1.29, 1.82) is 0 Å². The van der Waals surface area contributed by atoms with Gasteiger partial charge in [0.1, 0.15) is 17.4 Å². The van der Waals surface area contributed by atoms with Gasteiger partial charge in [-0.05, 0) is 32.0 Å². The summed E-state index contributed by atoms with van der Waals surface area (Å²) in [6.45, 7) is 3.67. The number of aromatic nitrogens is 3. The highest BCUT2D eigenvalue weighted by Gasteiger charge is 2.30. The Kier molecular flexibility index (Phi) is 5.54. The number of nitrogens with zero attached hydrogens (tertiary/aromatic N) is 4. The molecule has 0 saturated carbocycles. The molecule has 0 amide bonds. The minimum atomic E-state index is -4.33. The minimum absolute atomic E-state index is 0.306. The van der Waals surface area contributed by atoms with Gasteiger partial charge in [-0.15, -0.1) is 10.2 Å². The van der Waals surface area contributed by atoms with Crippen molar-refractivity contribution in [3.63, 3.8) is 0 Å². The SMILES string of the molecule is FC(F)(F)COc1ccccc1CN1CCC(c2nnc3n2CCNC3)CC1. The van der Waals surface area contributed by atoms with Crippen molar-refractivity contribution in [3.8, 4) is 5.75 Å². The molecule has 6 nitrogen and oxygen atoms in total. The van der Waals surface area contributed by atoms with Crippen LogP contribution in [0.4, 0.5) is 13.2 Å². The van der Waals surface area contributed by atoms with Crippen molar-refractivity contribution >= 4 is 0 Å². The molecule has 1 aromatic carbocycles. The van der Waals surface area contributed by atoms with Crippen LogP contribution in [-0.4, -0.2) is 52.1 Å². The summed E-state index contributed by atoms with van der Waals surface area (Å²) in [5.41, 5.74) is 0.788. The summed E-state index contributed by atoms with van der Waals surface area (Å²) in [5.74, 6) is 2.76. The van der Waals surface area contributed by atoms with Gasteiger partial charge in [-0.2, -0.15) is 13.2 Å². The van der Waals surface area contributed by atoms with Crippen LogP contribution in [0.1, 0.15) is 36.0 Å². The molecule has 0 aliphatic carbocycles. The number of hydrogen-bond acceptors (Lipinski definition) is 5. The molecule has 0 unspecified atom stereocenters. The topological polar surface area (TPSA) is 55.2 Å². The van der Waals surface area contributed by atoms with Crippen molar-refractivity contribution in [2.24, 2.45) is 0 Å². The predicted octanol–water partition coefficient (Wildman–Crippen LogP) is 2.70. The van der Waals surface area contributed by atoms with E-state index in [9.17, 15) is 13.2 Å². The number of rotatable bonds is 5. The third-order valence-electron chi connectivity index (χ3n) is 5.36.